The lowest BCUT2D eigenvalue weighted by molar-refractivity contribution is -0.313. The number of esters is 1. The Bertz CT molecular complexity index is 628. The highest BCUT2D eigenvalue weighted by Gasteiger charge is 2.32. The smallest absolute Gasteiger partial charge is 0.311 e. The van der Waals surface area contributed by atoms with Crippen molar-refractivity contribution in [2.24, 2.45) is 11.8 Å². The van der Waals surface area contributed by atoms with Crippen LogP contribution < -0.4 is 10.4 Å². The van der Waals surface area contributed by atoms with Crippen molar-refractivity contribution in [3.63, 3.8) is 0 Å². The minimum atomic E-state index is -1.17. The van der Waals surface area contributed by atoms with Crippen molar-refractivity contribution in [1.29, 1.82) is 0 Å². The molecule has 0 bridgehead atoms. The van der Waals surface area contributed by atoms with Crippen molar-refractivity contribution >= 4 is 34.3 Å². The highest BCUT2D eigenvalue weighted by molar-refractivity contribution is 7.16. The molecule has 1 N–H and O–H groups in total. The summed E-state index contributed by atoms with van der Waals surface area (Å²) in [5, 5.41) is 14.3. The van der Waals surface area contributed by atoms with Crippen molar-refractivity contribution < 1.29 is 24.2 Å². The number of hydrogen-bond acceptors (Lipinski definition) is 7. The molecule has 2 atom stereocenters. The number of amides is 1. The largest absolute Gasteiger partial charge is 0.550 e. The van der Waals surface area contributed by atoms with E-state index in [1.807, 2.05) is 0 Å². The van der Waals surface area contributed by atoms with Crippen LogP contribution in [0.3, 0.4) is 0 Å². The van der Waals surface area contributed by atoms with Crippen LogP contribution in [0.2, 0.25) is 0 Å². The normalized spacial score (nSPS) is 20.4. The Kier molecular flexibility index (Phi) is 6.30. The predicted molar refractivity (Wildman–Crippen MR) is 86.3 cm³/mol. The Labute approximate surface area is 144 Å². The van der Waals surface area contributed by atoms with Gasteiger partial charge in [-0.25, -0.2) is 4.98 Å². The van der Waals surface area contributed by atoms with Crippen LogP contribution in [-0.2, 0) is 25.5 Å². The first kappa shape index (κ1) is 18.4. The number of thiazole rings is 1. The maximum Gasteiger partial charge on any atom is 0.311 e. The molecule has 8 heteroatoms. The van der Waals surface area contributed by atoms with Gasteiger partial charge in [-0.3, -0.25) is 9.59 Å². The van der Waals surface area contributed by atoms with Crippen LogP contribution in [0.5, 0.6) is 0 Å². The van der Waals surface area contributed by atoms with Crippen LogP contribution in [-0.4, -0.2) is 29.4 Å². The molecular weight excluding hydrogens is 332 g/mol. The average Bonchev–Trinajstić information content (AvgIpc) is 2.86. The summed E-state index contributed by atoms with van der Waals surface area (Å²) in [6.45, 7) is 3.80. The molecule has 1 fully saturated rings. The van der Waals surface area contributed by atoms with Gasteiger partial charge < -0.3 is 20.0 Å². The van der Waals surface area contributed by atoms with Gasteiger partial charge in [0.2, 0.25) is 5.91 Å². The van der Waals surface area contributed by atoms with Gasteiger partial charge in [0.15, 0.2) is 5.13 Å². The van der Waals surface area contributed by atoms with E-state index in [0.29, 0.717) is 30.3 Å². The van der Waals surface area contributed by atoms with Crippen LogP contribution in [0.25, 0.3) is 0 Å². The van der Waals surface area contributed by atoms with E-state index in [-0.39, 0.29) is 18.3 Å². The van der Waals surface area contributed by atoms with E-state index < -0.39 is 17.8 Å². The third-order valence-electron chi connectivity index (χ3n) is 4.14. The van der Waals surface area contributed by atoms with Gasteiger partial charge in [0.25, 0.3) is 0 Å². The number of aromatic nitrogens is 1. The van der Waals surface area contributed by atoms with Gasteiger partial charge in [0.1, 0.15) is 0 Å². The number of carboxylic acid groups (broad SMARTS) is 1. The minimum absolute atomic E-state index is 0.109. The van der Waals surface area contributed by atoms with Crippen molar-refractivity contribution in [2.75, 3.05) is 11.9 Å². The predicted octanol–water partition coefficient (Wildman–Crippen LogP) is 1.05. The molecule has 1 saturated carbocycles. The number of nitrogens with zero attached hydrogens (tertiary/aromatic N) is 1. The molecule has 2 rings (SSSR count). The maximum absolute atomic E-state index is 12.4. The van der Waals surface area contributed by atoms with Gasteiger partial charge in [-0.2, -0.15) is 0 Å². The number of rotatable bonds is 6. The van der Waals surface area contributed by atoms with E-state index in [1.165, 1.54) is 11.3 Å². The molecule has 1 aromatic heterocycles. The number of aliphatic carboxylic acids is 1. The van der Waals surface area contributed by atoms with Crippen LogP contribution in [0.1, 0.15) is 43.2 Å². The zero-order valence-electron chi connectivity index (χ0n) is 13.8. The molecule has 0 spiro atoms. The van der Waals surface area contributed by atoms with E-state index in [0.717, 1.165) is 17.7 Å². The first-order valence-corrected chi connectivity index (χ1v) is 8.87. The topological polar surface area (TPSA) is 108 Å². The Morgan fingerprint density at radius 1 is 1.29 bits per heavy atom. The third kappa shape index (κ3) is 4.53. The first-order valence-electron chi connectivity index (χ1n) is 8.06. The maximum atomic E-state index is 12.4. The fourth-order valence-corrected chi connectivity index (χ4v) is 3.86. The molecule has 1 aliphatic rings. The molecule has 0 radical (unpaired) electrons. The number of nitrogens with one attached hydrogen (secondary N) is 1. The van der Waals surface area contributed by atoms with Crippen LogP contribution in [0.4, 0.5) is 5.13 Å². The van der Waals surface area contributed by atoms with Gasteiger partial charge in [-0.05, 0) is 26.7 Å². The Morgan fingerprint density at radius 3 is 2.58 bits per heavy atom. The monoisotopic (exact) mass is 353 g/mol. The van der Waals surface area contributed by atoms with Gasteiger partial charge in [-0.1, -0.05) is 12.8 Å². The Morgan fingerprint density at radius 2 is 1.96 bits per heavy atom. The molecular formula is C16H21N2O5S-. The van der Waals surface area contributed by atoms with Gasteiger partial charge in [-0.15, -0.1) is 11.3 Å². The molecule has 0 aromatic carbocycles. The van der Waals surface area contributed by atoms with E-state index in [4.69, 9.17) is 4.74 Å². The second-order valence-corrected chi connectivity index (χ2v) is 6.90. The van der Waals surface area contributed by atoms with Crippen molar-refractivity contribution in [3.05, 3.63) is 10.6 Å². The number of hydrogen-bond donors (Lipinski definition) is 1. The van der Waals surface area contributed by atoms with Gasteiger partial charge >= 0.3 is 5.97 Å². The molecule has 0 saturated heterocycles. The molecule has 0 aliphatic heterocycles. The molecule has 1 aromatic rings. The molecule has 1 aliphatic carbocycles. The fraction of sp³-hybridized carbons (Fsp3) is 0.625. The quantitative estimate of drug-likeness (QED) is 0.766. The highest BCUT2D eigenvalue weighted by atomic mass is 32.1. The molecule has 7 nitrogen and oxygen atoms in total. The summed E-state index contributed by atoms with van der Waals surface area (Å²) < 4.78 is 4.91. The summed E-state index contributed by atoms with van der Waals surface area (Å²) >= 11 is 1.21. The van der Waals surface area contributed by atoms with Crippen LogP contribution >= 0.6 is 11.3 Å². The van der Waals surface area contributed by atoms with Crippen molar-refractivity contribution in [3.8, 4) is 0 Å². The molecule has 24 heavy (non-hydrogen) atoms. The average molecular weight is 353 g/mol. The number of ether oxygens (including phenoxy) is 1. The number of carbonyl (C=O) groups excluding carboxylic acids is 3. The van der Waals surface area contributed by atoms with Gasteiger partial charge in [0, 0.05) is 22.7 Å². The lowest BCUT2D eigenvalue weighted by atomic mass is 9.79. The summed E-state index contributed by atoms with van der Waals surface area (Å²) in [5.41, 5.74) is 0.656. The van der Waals surface area contributed by atoms with E-state index >= 15 is 0 Å². The Hall–Kier alpha value is -1.96. The van der Waals surface area contributed by atoms with E-state index in [2.05, 4.69) is 10.3 Å². The lowest BCUT2D eigenvalue weighted by Gasteiger charge is -2.30. The Balaban J connectivity index is 2.03. The second kappa shape index (κ2) is 8.23. The van der Waals surface area contributed by atoms with Crippen molar-refractivity contribution in [2.45, 2.75) is 46.0 Å². The summed E-state index contributed by atoms with van der Waals surface area (Å²) in [5.74, 6) is -3.21. The molecule has 1 amide bonds. The highest BCUT2D eigenvalue weighted by Crippen LogP contribution is 2.31. The standard InChI is InChI=1S/C16H22N2O5S/c1-3-23-13(19)8-12-9(2)17-16(24-12)18-14(20)10-6-4-5-7-11(10)15(21)22/h10-11H,3-8H2,1-2H3,(H,21,22)(H,17,18,20)/p-1/t10-,11+/m0/s1. The third-order valence-corrected chi connectivity index (χ3v) is 5.21. The zero-order valence-corrected chi connectivity index (χ0v) is 14.6. The number of aryl methyl sites for hydroxylation is 1. The van der Waals surface area contributed by atoms with E-state index in [1.54, 1.807) is 13.8 Å². The second-order valence-electron chi connectivity index (χ2n) is 5.82. The number of carboxylic acids is 1. The first-order chi connectivity index (χ1) is 11.4. The zero-order chi connectivity index (χ0) is 17.7. The van der Waals surface area contributed by atoms with E-state index in [9.17, 15) is 19.5 Å². The van der Waals surface area contributed by atoms with Crippen molar-refractivity contribution in [1.82, 2.24) is 4.98 Å². The lowest BCUT2D eigenvalue weighted by Crippen LogP contribution is -2.42. The van der Waals surface area contributed by atoms with Gasteiger partial charge in [0.05, 0.1) is 18.7 Å². The van der Waals surface area contributed by atoms with Crippen LogP contribution in [0, 0.1) is 18.8 Å². The summed E-state index contributed by atoms with van der Waals surface area (Å²) in [4.78, 5) is 40.1. The number of carbonyl (C=O) groups is 3. The SMILES string of the molecule is CCOC(=O)Cc1sc(NC(=O)[C@H]2CCCC[C@H]2C(=O)[O-])nc1C. The van der Waals surface area contributed by atoms with Crippen LogP contribution in [0.15, 0.2) is 0 Å². The number of anilines is 1. The minimum Gasteiger partial charge on any atom is -0.550 e. The summed E-state index contributed by atoms with van der Waals surface area (Å²) in [6, 6.07) is 0. The summed E-state index contributed by atoms with van der Waals surface area (Å²) in [6.07, 6.45) is 2.73. The fourth-order valence-electron chi connectivity index (χ4n) is 2.91. The molecule has 1 heterocycles. The molecule has 0 unspecified atom stereocenters. The molecule has 132 valence electrons. The summed E-state index contributed by atoms with van der Waals surface area (Å²) in [7, 11) is 0.